The Bertz CT molecular complexity index is 455. The summed E-state index contributed by atoms with van der Waals surface area (Å²) < 4.78 is 4.71. The second-order valence-corrected chi connectivity index (χ2v) is 5.91. The molecule has 2 heterocycles. The fraction of sp³-hybridized carbons (Fsp3) is 0.688. The van der Waals surface area contributed by atoms with Crippen LogP contribution >= 0.6 is 0 Å². The fourth-order valence-corrected chi connectivity index (χ4v) is 3.32. The van der Waals surface area contributed by atoms with E-state index in [1.807, 2.05) is 4.90 Å². The Morgan fingerprint density at radius 3 is 2.45 bits per heavy atom. The topological polar surface area (TPSA) is 66.9 Å². The average molecular weight is 308 g/mol. The lowest BCUT2D eigenvalue weighted by Crippen LogP contribution is -2.45. The molecular weight excluding hydrogens is 284 g/mol. The first kappa shape index (κ1) is 16.5. The number of hydrogen-bond donors (Lipinski definition) is 0. The van der Waals surface area contributed by atoms with Crippen molar-refractivity contribution in [3.63, 3.8) is 0 Å². The number of hydrogen-bond acceptors (Lipinski definition) is 4. The molecule has 0 saturated carbocycles. The Labute approximate surface area is 131 Å². The summed E-state index contributed by atoms with van der Waals surface area (Å²) in [4.78, 5) is 39.3. The molecule has 6 nitrogen and oxygen atoms in total. The number of esters is 1. The van der Waals surface area contributed by atoms with Gasteiger partial charge in [-0.05, 0) is 31.8 Å². The lowest BCUT2D eigenvalue weighted by atomic mass is 9.94. The monoisotopic (exact) mass is 308 g/mol. The summed E-state index contributed by atoms with van der Waals surface area (Å²) in [6.45, 7) is 5.39. The Morgan fingerprint density at radius 2 is 1.86 bits per heavy atom. The van der Waals surface area contributed by atoms with Crippen LogP contribution in [0.5, 0.6) is 0 Å². The summed E-state index contributed by atoms with van der Waals surface area (Å²) in [5, 5.41) is 0. The number of carbonyl (C=O) groups excluding carboxylic acids is 3. The first-order valence-electron chi connectivity index (χ1n) is 7.85. The van der Waals surface area contributed by atoms with Crippen molar-refractivity contribution in [1.82, 2.24) is 9.80 Å². The van der Waals surface area contributed by atoms with E-state index in [2.05, 4.69) is 6.58 Å². The molecule has 0 aromatic carbocycles. The SMILES string of the molecule is C=CC(=O)N1CCC(C(=O)N2CCC[C@@H]2CC(=O)OC)CC1. The van der Waals surface area contributed by atoms with E-state index in [0.29, 0.717) is 32.5 Å². The zero-order valence-electron chi connectivity index (χ0n) is 13.1. The van der Waals surface area contributed by atoms with E-state index in [0.717, 1.165) is 12.8 Å². The molecule has 2 aliphatic heterocycles. The van der Waals surface area contributed by atoms with Crippen LogP contribution in [0.1, 0.15) is 32.1 Å². The third-order valence-corrected chi connectivity index (χ3v) is 4.62. The molecule has 0 aliphatic carbocycles. The quantitative estimate of drug-likeness (QED) is 0.573. The van der Waals surface area contributed by atoms with Crippen molar-refractivity contribution in [2.24, 2.45) is 5.92 Å². The van der Waals surface area contributed by atoms with Gasteiger partial charge in [0.15, 0.2) is 0 Å². The molecule has 22 heavy (non-hydrogen) atoms. The molecular formula is C16H24N2O4. The third-order valence-electron chi connectivity index (χ3n) is 4.62. The predicted molar refractivity (Wildman–Crippen MR) is 80.9 cm³/mol. The molecule has 0 N–H and O–H groups in total. The molecule has 122 valence electrons. The molecule has 0 spiro atoms. The Balaban J connectivity index is 1.90. The zero-order chi connectivity index (χ0) is 16.1. The largest absolute Gasteiger partial charge is 0.469 e. The molecule has 0 bridgehead atoms. The minimum atomic E-state index is -0.268. The van der Waals surface area contributed by atoms with Crippen LogP contribution in [-0.4, -0.2) is 60.4 Å². The van der Waals surface area contributed by atoms with E-state index in [9.17, 15) is 14.4 Å². The summed E-state index contributed by atoms with van der Waals surface area (Å²) in [5.74, 6) is -0.268. The second kappa shape index (κ2) is 7.42. The van der Waals surface area contributed by atoms with Crippen LogP contribution in [-0.2, 0) is 19.1 Å². The Morgan fingerprint density at radius 1 is 1.18 bits per heavy atom. The van der Waals surface area contributed by atoms with Gasteiger partial charge in [-0.2, -0.15) is 0 Å². The Hall–Kier alpha value is -1.85. The van der Waals surface area contributed by atoms with Gasteiger partial charge in [0.1, 0.15) is 0 Å². The van der Waals surface area contributed by atoms with E-state index in [-0.39, 0.29) is 36.2 Å². The predicted octanol–water partition coefficient (Wildman–Crippen LogP) is 0.965. The number of amides is 2. The van der Waals surface area contributed by atoms with Gasteiger partial charge in [-0.25, -0.2) is 0 Å². The van der Waals surface area contributed by atoms with E-state index in [4.69, 9.17) is 4.74 Å². The van der Waals surface area contributed by atoms with Gasteiger partial charge >= 0.3 is 5.97 Å². The molecule has 0 radical (unpaired) electrons. The van der Waals surface area contributed by atoms with Gasteiger partial charge < -0.3 is 14.5 Å². The van der Waals surface area contributed by atoms with Crippen molar-refractivity contribution in [3.8, 4) is 0 Å². The zero-order valence-corrected chi connectivity index (χ0v) is 13.1. The maximum Gasteiger partial charge on any atom is 0.307 e. The van der Waals surface area contributed by atoms with Crippen molar-refractivity contribution >= 4 is 17.8 Å². The van der Waals surface area contributed by atoms with Crippen LogP contribution < -0.4 is 0 Å². The number of nitrogens with zero attached hydrogens (tertiary/aromatic N) is 2. The van der Waals surface area contributed by atoms with Gasteiger partial charge in [0, 0.05) is 31.6 Å². The molecule has 0 aromatic rings. The molecule has 0 aromatic heterocycles. The minimum absolute atomic E-state index is 0.0345. The lowest BCUT2D eigenvalue weighted by molar-refractivity contribution is -0.145. The normalized spacial score (nSPS) is 22.5. The standard InChI is InChI=1S/C16H24N2O4/c1-3-14(19)17-9-6-12(7-10-17)16(21)18-8-4-5-13(18)11-15(20)22-2/h3,12-13H,1,4-11H2,2H3/t13-/m1/s1. The van der Waals surface area contributed by atoms with Crippen molar-refractivity contribution < 1.29 is 19.1 Å². The molecule has 2 aliphatic rings. The van der Waals surface area contributed by atoms with Gasteiger partial charge in [0.05, 0.1) is 13.5 Å². The van der Waals surface area contributed by atoms with E-state index in [1.54, 1.807) is 4.90 Å². The van der Waals surface area contributed by atoms with Crippen LogP contribution in [0.3, 0.4) is 0 Å². The van der Waals surface area contributed by atoms with Crippen LogP contribution in [0.4, 0.5) is 0 Å². The maximum atomic E-state index is 12.7. The second-order valence-electron chi connectivity index (χ2n) is 5.91. The van der Waals surface area contributed by atoms with Crippen molar-refractivity contribution in [2.75, 3.05) is 26.7 Å². The highest BCUT2D eigenvalue weighted by Crippen LogP contribution is 2.27. The number of rotatable bonds is 4. The molecule has 1 atom stereocenters. The first-order valence-corrected chi connectivity index (χ1v) is 7.85. The highest BCUT2D eigenvalue weighted by atomic mass is 16.5. The van der Waals surface area contributed by atoms with E-state index >= 15 is 0 Å². The smallest absolute Gasteiger partial charge is 0.307 e. The number of methoxy groups -OCH3 is 1. The van der Waals surface area contributed by atoms with Gasteiger partial charge in [-0.1, -0.05) is 6.58 Å². The average Bonchev–Trinajstić information content (AvgIpc) is 3.01. The van der Waals surface area contributed by atoms with Crippen LogP contribution in [0.2, 0.25) is 0 Å². The fourth-order valence-electron chi connectivity index (χ4n) is 3.32. The lowest BCUT2D eigenvalue weighted by Gasteiger charge is -2.34. The summed E-state index contributed by atoms with van der Waals surface area (Å²) in [6, 6.07) is -0.0345. The number of piperidine rings is 1. The maximum absolute atomic E-state index is 12.7. The van der Waals surface area contributed by atoms with E-state index in [1.165, 1.54) is 13.2 Å². The summed E-state index contributed by atoms with van der Waals surface area (Å²) >= 11 is 0. The van der Waals surface area contributed by atoms with Crippen molar-refractivity contribution in [2.45, 2.75) is 38.1 Å². The number of ether oxygens (including phenoxy) is 1. The molecule has 2 saturated heterocycles. The third kappa shape index (κ3) is 3.67. The van der Waals surface area contributed by atoms with Crippen LogP contribution in [0.15, 0.2) is 12.7 Å². The van der Waals surface area contributed by atoms with Crippen LogP contribution in [0, 0.1) is 5.92 Å². The van der Waals surface area contributed by atoms with Gasteiger partial charge in [0.2, 0.25) is 11.8 Å². The highest BCUT2D eigenvalue weighted by Gasteiger charge is 2.36. The highest BCUT2D eigenvalue weighted by molar-refractivity contribution is 5.87. The van der Waals surface area contributed by atoms with Crippen molar-refractivity contribution in [1.29, 1.82) is 0 Å². The summed E-state index contributed by atoms with van der Waals surface area (Å²) in [6.07, 6.45) is 4.74. The minimum Gasteiger partial charge on any atom is -0.469 e. The van der Waals surface area contributed by atoms with Gasteiger partial charge in [-0.15, -0.1) is 0 Å². The molecule has 0 unspecified atom stereocenters. The summed E-state index contributed by atoms with van der Waals surface area (Å²) in [7, 11) is 1.37. The molecule has 2 rings (SSSR count). The molecule has 6 heteroatoms. The van der Waals surface area contributed by atoms with Gasteiger partial charge in [0.25, 0.3) is 0 Å². The number of carbonyl (C=O) groups is 3. The van der Waals surface area contributed by atoms with Crippen molar-refractivity contribution in [3.05, 3.63) is 12.7 Å². The van der Waals surface area contributed by atoms with E-state index < -0.39 is 0 Å². The van der Waals surface area contributed by atoms with Gasteiger partial charge in [-0.3, -0.25) is 14.4 Å². The number of likely N-dealkylation sites (tertiary alicyclic amines) is 2. The van der Waals surface area contributed by atoms with Crippen LogP contribution in [0.25, 0.3) is 0 Å². The molecule has 2 amide bonds. The Kier molecular flexibility index (Phi) is 5.57. The molecule has 2 fully saturated rings. The summed E-state index contributed by atoms with van der Waals surface area (Å²) in [5.41, 5.74) is 0. The first-order chi connectivity index (χ1) is 10.6.